The Hall–Kier alpha value is -6.02. The predicted molar refractivity (Wildman–Crippen MR) is 165 cm³/mol. The maximum atomic E-state index is 14.9. The Morgan fingerprint density at radius 3 is 1.93 bits per heavy atom. The van der Waals surface area contributed by atoms with E-state index in [1.165, 1.54) is 24.3 Å². The van der Waals surface area contributed by atoms with E-state index >= 15 is 0 Å². The lowest BCUT2D eigenvalue weighted by molar-refractivity contribution is 0.0682. The van der Waals surface area contributed by atoms with Gasteiger partial charge in [0, 0.05) is 39.8 Å². The van der Waals surface area contributed by atoms with Crippen LogP contribution in [0.5, 0.6) is 5.75 Å². The van der Waals surface area contributed by atoms with E-state index in [-0.39, 0.29) is 50.0 Å². The van der Waals surface area contributed by atoms with Crippen LogP contribution in [0.15, 0.2) is 100 Å². The van der Waals surface area contributed by atoms with Gasteiger partial charge >= 0.3 is 11.9 Å². The maximum absolute atomic E-state index is 14.9. The lowest BCUT2D eigenvalue weighted by atomic mass is 9.85. The molecular weight excluding hydrogens is 563 g/mol. The number of benzene rings is 6. The van der Waals surface area contributed by atoms with Crippen molar-refractivity contribution in [3.8, 4) is 39.3 Å². The van der Waals surface area contributed by atoms with E-state index in [1.807, 2.05) is 55.5 Å². The molecule has 3 N–H and O–H groups in total. The van der Waals surface area contributed by atoms with Gasteiger partial charge in [0.2, 0.25) is 0 Å². The van der Waals surface area contributed by atoms with Crippen LogP contribution in [0.1, 0.15) is 26.3 Å². The summed E-state index contributed by atoms with van der Waals surface area (Å²) in [5.74, 6) is -4.28. The van der Waals surface area contributed by atoms with Crippen molar-refractivity contribution < 1.29 is 33.7 Å². The molecule has 5 aromatic rings. The number of fused-ring (bicyclic) bond motifs is 4. The number of hydrogen-bond donors (Lipinski definition) is 3. The quantitative estimate of drug-likeness (QED) is 0.179. The van der Waals surface area contributed by atoms with Gasteiger partial charge in [0.25, 0.3) is 0 Å². The zero-order valence-electron chi connectivity index (χ0n) is 23.0. The van der Waals surface area contributed by atoms with Crippen molar-refractivity contribution in [1.82, 2.24) is 0 Å². The minimum Gasteiger partial charge on any atom is -0.505 e. The molecule has 8 heteroatoms. The summed E-state index contributed by atoms with van der Waals surface area (Å²) in [6.07, 6.45) is 0. The van der Waals surface area contributed by atoms with Gasteiger partial charge in [-0.2, -0.15) is 0 Å². The minimum atomic E-state index is -1.34. The number of rotatable bonds is 4. The summed E-state index contributed by atoms with van der Waals surface area (Å²) in [7, 11) is 0. The van der Waals surface area contributed by atoms with E-state index in [4.69, 9.17) is 4.42 Å². The second-order valence-corrected chi connectivity index (χ2v) is 10.6. The summed E-state index contributed by atoms with van der Waals surface area (Å²) in [5, 5.41) is 33.6. The second kappa shape index (κ2) is 9.78. The number of carbonyl (C=O) groups is 2. The van der Waals surface area contributed by atoms with Crippen LogP contribution in [0.4, 0.5) is 4.39 Å². The Bertz CT molecular complexity index is 2350. The molecule has 0 aromatic heterocycles. The molecular formula is C36H21FO7. The standard InChI is InChI=1S/C36H21FO7/c1-17-19-6-2-4-8-21(19)33(22-9-5-3-7-20(17)22)25-13-26-31(15-29(25)38)44-32-16-30(39)28(37)14-27(32)34(26)24-12-18(35(40)41)10-11-23(24)36(42)43/h2-16,39H,1H3,(H,40,41)(H,42,43). The normalized spacial score (nSPS) is 11.5. The number of hydrogen-bond acceptors (Lipinski definition) is 5. The van der Waals surface area contributed by atoms with Gasteiger partial charge in [0.15, 0.2) is 17.0 Å². The van der Waals surface area contributed by atoms with Crippen LogP contribution < -0.4 is 5.43 Å². The first-order valence-electron chi connectivity index (χ1n) is 13.6. The number of carboxylic acids is 2. The highest BCUT2D eigenvalue weighted by Gasteiger charge is 2.26. The van der Waals surface area contributed by atoms with E-state index in [1.54, 1.807) is 6.07 Å². The van der Waals surface area contributed by atoms with Crippen molar-refractivity contribution in [1.29, 1.82) is 0 Å². The molecule has 0 saturated heterocycles. The summed E-state index contributed by atoms with van der Waals surface area (Å²) in [4.78, 5) is 38.2. The molecule has 0 atom stereocenters. The average molecular weight is 585 g/mol. The van der Waals surface area contributed by atoms with Crippen molar-refractivity contribution in [2.24, 2.45) is 0 Å². The van der Waals surface area contributed by atoms with Crippen LogP contribution in [0, 0.1) is 12.7 Å². The molecule has 0 bridgehead atoms. The Kier molecular flexibility index (Phi) is 5.97. The van der Waals surface area contributed by atoms with E-state index < -0.39 is 23.5 Å². The van der Waals surface area contributed by atoms with Crippen LogP contribution in [0.3, 0.4) is 0 Å². The molecule has 214 valence electrons. The topological polar surface area (TPSA) is 125 Å². The van der Waals surface area contributed by atoms with Gasteiger partial charge in [-0.3, -0.25) is 4.79 Å². The summed E-state index contributed by atoms with van der Waals surface area (Å²) < 4.78 is 20.9. The van der Waals surface area contributed by atoms with Crippen LogP contribution >= 0.6 is 0 Å². The lowest BCUT2D eigenvalue weighted by Gasteiger charge is -2.20. The highest BCUT2D eigenvalue weighted by Crippen LogP contribution is 2.45. The first kappa shape index (κ1) is 26.9. The number of aromatic carboxylic acids is 2. The summed E-state index contributed by atoms with van der Waals surface area (Å²) in [6, 6.07) is 23.9. The molecule has 2 aliphatic rings. The molecule has 0 radical (unpaired) electrons. The molecule has 0 spiro atoms. The molecule has 7 rings (SSSR count). The first-order valence-corrected chi connectivity index (χ1v) is 13.6. The Morgan fingerprint density at radius 2 is 1.32 bits per heavy atom. The molecule has 1 heterocycles. The van der Waals surface area contributed by atoms with Gasteiger partial charge in [-0.25, -0.2) is 14.0 Å². The van der Waals surface area contributed by atoms with Gasteiger partial charge in [0.05, 0.1) is 11.1 Å². The number of aromatic hydroxyl groups is 1. The maximum Gasteiger partial charge on any atom is 0.336 e. The summed E-state index contributed by atoms with van der Waals surface area (Å²) >= 11 is 0. The zero-order chi connectivity index (χ0) is 30.9. The number of halogens is 1. The van der Waals surface area contributed by atoms with Crippen molar-refractivity contribution in [3.63, 3.8) is 0 Å². The highest BCUT2D eigenvalue weighted by molar-refractivity contribution is 6.16. The molecule has 0 amide bonds. The van der Waals surface area contributed by atoms with Gasteiger partial charge in [-0.05, 0) is 69.9 Å². The second-order valence-electron chi connectivity index (χ2n) is 10.6. The van der Waals surface area contributed by atoms with Gasteiger partial charge in [0.1, 0.15) is 11.3 Å². The Balaban J connectivity index is 1.70. The van der Waals surface area contributed by atoms with Crippen molar-refractivity contribution >= 4 is 44.5 Å². The van der Waals surface area contributed by atoms with Gasteiger partial charge in [-0.15, -0.1) is 0 Å². The molecule has 1 aliphatic carbocycles. The molecule has 7 nitrogen and oxygen atoms in total. The van der Waals surface area contributed by atoms with Gasteiger partial charge < -0.3 is 19.7 Å². The van der Waals surface area contributed by atoms with Crippen LogP contribution in [-0.2, 0) is 0 Å². The number of aryl methyl sites for hydroxylation is 1. The van der Waals surface area contributed by atoms with Crippen molar-refractivity contribution in [2.75, 3.05) is 0 Å². The van der Waals surface area contributed by atoms with Crippen LogP contribution in [0.2, 0.25) is 0 Å². The fraction of sp³-hybridized carbons (Fsp3) is 0.0278. The van der Waals surface area contributed by atoms with Crippen LogP contribution in [0.25, 0.3) is 66.1 Å². The SMILES string of the molecule is Cc1c2ccccc2c(-c2cc3c(-c4cc(C(=O)O)ccc4C(=O)O)c4cc(F)c(O)cc4oc-3cc2=O)c2ccccc12. The molecule has 44 heavy (non-hydrogen) atoms. The molecule has 0 saturated carbocycles. The lowest BCUT2D eigenvalue weighted by Crippen LogP contribution is -2.08. The van der Waals surface area contributed by atoms with Gasteiger partial charge in [-0.1, -0.05) is 48.5 Å². The first-order chi connectivity index (χ1) is 21.1. The van der Waals surface area contributed by atoms with E-state index in [9.17, 15) is 34.1 Å². The third kappa shape index (κ3) is 3.99. The number of phenols is 1. The van der Waals surface area contributed by atoms with E-state index in [0.717, 1.165) is 39.2 Å². The third-order valence-corrected chi connectivity index (χ3v) is 8.13. The Morgan fingerprint density at radius 1 is 0.682 bits per heavy atom. The summed E-state index contributed by atoms with van der Waals surface area (Å²) in [5.41, 5.74) is 1.55. The smallest absolute Gasteiger partial charge is 0.336 e. The zero-order valence-corrected chi connectivity index (χ0v) is 23.0. The largest absolute Gasteiger partial charge is 0.505 e. The third-order valence-electron chi connectivity index (χ3n) is 8.13. The fourth-order valence-electron chi connectivity index (χ4n) is 6.12. The van der Waals surface area contributed by atoms with Crippen molar-refractivity contribution in [3.05, 3.63) is 124 Å². The Labute approximate surface area is 248 Å². The molecule has 5 aromatic carbocycles. The van der Waals surface area contributed by atoms with E-state index in [0.29, 0.717) is 11.1 Å². The highest BCUT2D eigenvalue weighted by atomic mass is 19.1. The molecule has 0 unspecified atom stereocenters. The summed E-state index contributed by atoms with van der Waals surface area (Å²) in [6.45, 7) is 2.02. The number of carboxylic acid groups (broad SMARTS) is 2. The van der Waals surface area contributed by atoms with Crippen LogP contribution in [-0.4, -0.2) is 27.3 Å². The molecule has 1 aliphatic heterocycles. The van der Waals surface area contributed by atoms with E-state index in [2.05, 4.69) is 0 Å². The molecule has 0 fully saturated rings. The number of phenolic OH excluding ortho intramolecular Hbond substituents is 1. The average Bonchev–Trinajstić information content (AvgIpc) is 3.01. The monoisotopic (exact) mass is 584 g/mol. The van der Waals surface area contributed by atoms with Crippen molar-refractivity contribution in [2.45, 2.75) is 6.92 Å². The predicted octanol–water partition coefficient (Wildman–Crippen LogP) is 8.09. The fourth-order valence-corrected chi connectivity index (χ4v) is 6.12. The minimum absolute atomic E-state index is 0.0171.